The Bertz CT molecular complexity index is 513. The zero-order valence-electron chi connectivity index (χ0n) is 21.4. The van der Waals surface area contributed by atoms with Crippen LogP contribution < -0.4 is 0 Å². The lowest BCUT2D eigenvalue weighted by molar-refractivity contribution is -0.137. The Labute approximate surface area is 193 Å². The highest BCUT2D eigenvalue weighted by Gasteiger charge is 2.47. The van der Waals surface area contributed by atoms with Crippen LogP contribution in [0.15, 0.2) is 11.6 Å². The summed E-state index contributed by atoms with van der Waals surface area (Å²) in [4.78, 5) is 0. The van der Waals surface area contributed by atoms with E-state index in [-0.39, 0.29) is 1.43 Å². The maximum Gasteiger partial charge on any atom is 0.389 e. The largest absolute Gasteiger partial charge is 0.389 e. The second kappa shape index (κ2) is 13.9. The molecule has 0 saturated heterocycles. The summed E-state index contributed by atoms with van der Waals surface area (Å²) in [5.41, 5.74) is 2.09. The van der Waals surface area contributed by atoms with E-state index in [0.29, 0.717) is 29.6 Å². The number of unbranched alkanes of at least 4 members (excludes halogenated alkanes) is 1. The summed E-state index contributed by atoms with van der Waals surface area (Å²) in [5, 5.41) is 0. The summed E-state index contributed by atoms with van der Waals surface area (Å²) in [6.45, 7) is 13.0. The van der Waals surface area contributed by atoms with E-state index in [1.165, 1.54) is 57.8 Å². The highest BCUT2D eigenvalue weighted by molar-refractivity contribution is 5.22. The topological polar surface area (TPSA) is 0 Å². The third-order valence-electron chi connectivity index (χ3n) is 7.99. The molecule has 3 rings (SSSR count). The van der Waals surface area contributed by atoms with Gasteiger partial charge < -0.3 is 0 Å². The van der Waals surface area contributed by atoms with Gasteiger partial charge in [0.05, 0.1) is 0 Å². The first-order valence-electron chi connectivity index (χ1n) is 13.5. The van der Waals surface area contributed by atoms with Gasteiger partial charge in [-0.1, -0.05) is 85.3 Å². The summed E-state index contributed by atoms with van der Waals surface area (Å²) in [5.74, 6) is 2.43. The van der Waals surface area contributed by atoms with Crippen LogP contribution in [0.4, 0.5) is 13.2 Å². The number of fused-ring (bicyclic) bond motifs is 1. The number of halogens is 3. The zero-order valence-corrected chi connectivity index (χ0v) is 21.4. The van der Waals surface area contributed by atoms with Crippen LogP contribution in [-0.2, 0) is 0 Å². The van der Waals surface area contributed by atoms with Crippen molar-refractivity contribution in [2.24, 2.45) is 29.1 Å². The molecule has 2 fully saturated rings. The van der Waals surface area contributed by atoms with Gasteiger partial charge in [0, 0.05) is 7.85 Å². The van der Waals surface area contributed by atoms with Gasteiger partial charge in [-0.15, -0.1) is 0 Å². The standard InChI is InChI=1S/C23H37F3.C3H8.C2H6.H2/c1-3-4-8-21-20(12-11-19-7-5-6-14-22(19,21)2)18-10-9-17(16-18)13-15-23(24,25)26;1-3-2;1-2;/h11,17-18,20-21H,3-10,12-16H2,1-2H3;3H2,1-2H3;1-2H3;1H. The average Bonchev–Trinajstić information content (AvgIpc) is 3.21. The Morgan fingerprint density at radius 3 is 2.35 bits per heavy atom. The molecule has 0 heterocycles. The van der Waals surface area contributed by atoms with Crippen LogP contribution in [0.2, 0.25) is 0 Å². The molecule has 3 aliphatic carbocycles. The van der Waals surface area contributed by atoms with Crippen molar-refractivity contribution in [1.29, 1.82) is 0 Å². The molecule has 186 valence electrons. The van der Waals surface area contributed by atoms with Crippen molar-refractivity contribution in [2.75, 3.05) is 0 Å². The first-order valence-corrected chi connectivity index (χ1v) is 13.5. The average molecular weight is 447 g/mol. The number of alkyl halides is 3. The number of hydrogen-bond acceptors (Lipinski definition) is 0. The smallest absolute Gasteiger partial charge is 0.171 e. The molecule has 5 unspecified atom stereocenters. The van der Waals surface area contributed by atoms with Crippen LogP contribution in [0.1, 0.15) is 133 Å². The normalized spacial score (nSPS) is 32.7. The Kier molecular flexibility index (Phi) is 12.8. The lowest BCUT2D eigenvalue weighted by atomic mass is 9.54. The van der Waals surface area contributed by atoms with Crippen molar-refractivity contribution in [3.05, 3.63) is 11.6 Å². The van der Waals surface area contributed by atoms with Crippen molar-refractivity contribution >= 4 is 0 Å². The lowest BCUT2D eigenvalue weighted by Crippen LogP contribution is -2.41. The van der Waals surface area contributed by atoms with E-state index in [9.17, 15) is 13.2 Å². The molecule has 0 amide bonds. The molecule has 0 aromatic carbocycles. The molecule has 2 saturated carbocycles. The summed E-state index contributed by atoms with van der Waals surface area (Å²) in [6, 6.07) is 0. The van der Waals surface area contributed by atoms with Crippen LogP contribution in [0.5, 0.6) is 0 Å². The molecular formula is C28H53F3. The number of rotatable bonds is 6. The second-order valence-corrected chi connectivity index (χ2v) is 10.3. The van der Waals surface area contributed by atoms with E-state index in [4.69, 9.17) is 0 Å². The fraction of sp³-hybridized carbons (Fsp3) is 0.929. The molecule has 0 radical (unpaired) electrons. The molecule has 0 aromatic heterocycles. The van der Waals surface area contributed by atoms with Crippen LogP contribution in [0.3, 0.4) is 0 Å². The summed E-state index contributed by atoms with van der Waals surface area (Å²) in [6.07, 6.45) is 13.2. The first-order chi connectivity index (χ1) is 14.7. The van der Waals surface area contributed by atoms with Crippen LogP contribution in [0, 0.1) is 29.1 Å². The van der Waals surface area contributed by atoms with Gasteiger partial charge in [-0.05, 0) is 80.5 Å². The second-order valence-electron chi connectivity index (χ2n) is 10.3. The molecule has 3 aliphatic rings. The molecule has 0 aromatic rings. The fourth-order valence-corrected chi connectivity index (χ4v) is 6.54. The minimum absolute atomic E-state index is 0. The Hall–Kier alpha value is -0.470. The fourth-order valence-electron chi connectivity index (χ4n) is 6.54. The van der Waals surface area contributed by atoms with Crippen molar-refractivity contribution < 1.29 is 14.6 Å². The quantitative estimate of drug-likeness (QED) is 0.356. The van der Waals surface area contributed by atoms with E-state index in [2.05, 4.69) is 33.8 Å². The van der Waals surface area contributed by atoms with E-state index in [1.807, 2.05) is 13.8 Å². The van der Waals surface area contributed by atoms with Gasteiger partial charge in [0.15, 0.2) is 0 Å². The molecule has 31 heavy (non-hydrogen) atoms. The summed E-state index contributed by atoms with van der Waals surface area (Å²) in [7, 11) is 0. The van der Waals surface area contributed by atoms with Gasteiger partial charge >= 0.3 is 6.18 Å². The van der Waals surface area contributed by atoms with Gasteiger partial charge in [-0.2, -0.15) is 13.2 Å². The van der Waals surface area contributed by atoms with E-state index in [0.717, 1.165) is 25.2 Å². The first kappa shape index (κ1) is 28.6. The van der Waals surface area contributed by atoms with Crippen LogP contribution in [-0.4, -0.2) is 6.18 Å². The molecule has 0 bridgehead atoms. The third kappa shape index (κ3) is 8.43. The summed E-state index contributed by atoms with van der Waals surface area (Å²) >= 11 is 0. The Balaban J connectivity index is 0.00000148. The number of allylic oxidation sites excluding steroid dienone is 2. The van der Waals surface area contributed by atoms with Crippen molar-refractivity contribution in [1.82, 2.24) is 0 Å². The number of hydrogen-bond donors (Lipinski definition) is 0. The highest BCUT2D eigenvalue weighted by atomic mass is 19.4. The van der Waals surface area contributed by atoms with Gasteiger partial charge in [-0.3, -0.25) is 0 Å². The van der Waals surface area contributed by atoms with E-state index in [1.54, 1.807) is 5.57 Å². The minimum atomic E-state index is -3.99. The van der Waals surface area contributed by atoms with Gasteiger partial charge in [0.1, 0.15) is 0 Å². The van der Waals surface area contributed by atoms with Gasteiger partial charge in [-0.25, -0.2) is 0 Å². The van der Waals surface area contributed by atoms with Gasteiger partial charge in [0.2, 0.25) is 0 Å². The van der Waals surface area contributed by atoms with Crippen molar-refractivity contribution in [2.45, 2.75) is 138 Å². The molecule has 0 N–H and O–H groups in total. The van der Waals surface area contributed by atoms with Crippen molar-refractivity contribution in [3.8, 4) is 0 Å². The Morgan fingerprint density at radius 1 is 1.06 bits per heavy atom. The van der Waals surface area contributed by atoms with Crippen LogP contribution in [0.25, 0.3) is 0 Å². The highest BCUT2D eigenvalue weighted by Crippen LogP contribution is 2.57. The maximum atomic E-state index is 12.6. The van der Waals surface area contributed by atoms with Gasteiger partial charge in [0.25, 0.3) is 0 Å². The predicted molar refractivity (Wildman–Crippen MR) is 131 cm³/mol. The molecular weight excluding hydrogens is 393 g/mol. The molecule has 0 aliphatic heterocycles. The zero-order chi connectivity index (χ0) is 23.5. The third-order valence-corrected chi connectivity index (χ3v) is 7.99. The maximum absolute atomic E-state index is 12.6. The van der Waals surface area contributed by atoms with Crippen LogP contribution >= 0.6 is 0 Å². The SMILES string of the molecule is CC.CCC.CCCCC1C(C2CCC(CCC(F)(F)F)C2)CC=C2CCCCC21C.[HH]. The van der Waals surface area contributed by atoms with E-state index >= 15 is 0 Å². The summed E-state index contributed by atoms with van der Waals surface area (Å²) < 4.78 is 37.8. The van der Waals surface area contributed by atoms with Crippen molar-refractivity contribution in [3.63, 3.8) is 0 Å². The molecule has 0 nitrogen and oxygen atoms in total. The lowest BCUT2D eigenvalue weighted by Gasteiger charge is -2.51. The predicted octanol–water partition coefficient (Wildman–Crippen LogP) is 10.8. The van der Waals surface area contributed by atoms with E-state index < -0.39 is 12.6 Å². The Morgan fingerprint density at radius 2 is 1.74 bits per heavy atom. The minimum Gasteiger partial charge on any atom is -0.171 e. The monoisotopic (exact) mass is 446 g/mol. The molecule has 0 spiro atoms. The molecule has 3 heteroatoms. The molecule has 5 atom stereocenters.